The minimum atomic E-state index is -1.18. The number of amides is 2. The molecule has 2 amide bonds. The summed E-state index contributed by atoms with van der Waals surface area (Å²) in [6.45, 7) is 1.86. The summed E-state index contributed by atoms with van der Waals surface area (Å²) in [5, 5.41) is 21.9. The lowest BCUT2D eigenvalue weighted by Crippen LogP contribution is -2.41. The summed E-state index contributed by atoms with van der Waals surface area (Å²) in [7, 11) is 1.76. The molecule has 3 N–H and O–H groups in total. The van der Waals surface area contributed by atoms with Crippen LogP contribution in [0.25, 0.3) is 0 Å². The number of carboxylic acids is 1. The molecule has 2 aromatic rings. The van der Waals surface area contributed by atoms with E-state index in [0.29, 0.717) is 17.2 Å². The van der Waals surface area contributed by atoms with Gasteiger partial charge in [-0.05, 0) is 80.8 Å². The number of benzene rings is 2. The number of carbonyl (C=O) groups is 3. The Morgan fingerprint density at radius 2 is 1.85 bits per heavy atom. The van der Waals surface area contributed by atoms with Crippen LogP contribution in [0, 0.1) is 6.92 Å². The standard InChI is InChI=1S/C25H28N2O6/c1-14-11-20(26-22(29)13-23(30)31)17-7-4-8-18(17)24(14)33-16-9-10-21(28)19(12-16)25(32)27(2)15-5-3-6-15/h9-12,15,28H,3-8,13H2,1-2H3,(H,26,29)(H,30,31). The average Bonchev–Trinajstić information content (AvgIpc) is 3.19. The van der Waals surface area contributed by atoms with Gasteiger partial charge in [0.25, 0.3) is 5.91 Å². The molecule has 0 unspecified atom stereocenters. The van der Waals surface area contributed by atoms with Crippen molar-refractivity contribution in [2.45, 2.75) is 57.9 Å². The van der Waals surface area contributed by atoms with Crippen molar-refractivity contribution in [1.82, 2.24) is 4.90 Å². The van der Waals surface area contributed by atoms with Gasteiger partial charge in [-0.1, -0.05) is 0 Å². The highest BCUT2D eigenvalue weighted by Gasteiger charge is 2.28. The van der Waals surface area contributed by atoms with E-state index in [1.165, 1.54) is 6.07 Å². The number of hydrogen-bond acceptors (Lipinski definition) is 5. The zero-order chi connectivity index (χ0) is 23.7. The fourth-order valence-corrected chi connectivity index (χ4v) is 4.48. The molecule has 174 valence electrons. The molecule has 0 heterocycles. The molecule has 33 heavy (non-hydrogen) atoms. The van der Waals surface area contributed by atoms with Gasteiger partial charge in [-0.2, -0.15) is 0 Å². The monoisotopic (exact) mass is 452 g/mol. The molecule has 0 spiro atoms. The van der Waals surface area contributed by atoms with E-state index < -0.39 is 18.3 Å². The Kier molecular flexibility index (Phi) is 6.26. The SMILES string of the molecule is Cc1cc(NC(=O)CC(=O)O)c2c(c1Oc1ccc(O)c(C(=O)N(C)C3CCC3)c1)CCC2. The minimum Gasteiger partial charge on any atom is -0.507 e. The Bertz CT molecular complexity index is 1120. The van der Waals surface area contributed by atoms with Crippen LogP contribution in [-0.4, -0.2) is 46.0 Å². The summed E-state index contributed by atoms with van der Waals surface area (Å²) >= 11 is 0. The van der Waals surface area contributed by atoms with E-state index in [0.717, 1.165) is 55.2 Å². The second kappa shape index (κ2) is 9.13. The predicted molar refractivity (Wildman–Crippen MR) is 122 cm³/mol. The van der Waals surface area contributed by atoms with E-state index >= 15 is 0 Å². The van der Waals surface area contributed by atoms with E-state index in [1.807, 2.05) is 6.92 Å². The van der Waals surface area contributed by atoms with E-state index in [-0.39, 0.29) is 23.3 Å². The number of carbonyl (C=O) groups excluding carboxylic acids is 2. The van der Waals surface area contributed by atoms with Gasteiger partial charge >= 0.3 is 5.97 Å². The van der Waals surface area contributed by atoms with Crippen LogP contribution in [0.5, 0.6) is 17.2 Å². The largest absolute Gasteiger partial charge is 0.507 e. The van der Waals surface area contributed by atoms with Crippen LogP contribution in [0.3, 0.4) is 0 Å². The molecule has 4 rings (SSSR count). The number of anilines is 1. The van der Waals surface area contributed by atoms with Gasteiger partial charge in [-0.25, -0.2) is 0 Å². The molecule has 2 aromatic carbocycles. The van der Waals surface area contributed by atoms with Crippen molar-refractivity contribution in [2.24, 2.45) is 0 Å². The van der Waals surface area contributed by atoms with Gasteiger partial charge < -0.3 is 25.2 Å². The Morgan fingerprint density at radius 3 is 2.52 bits per heavy atom. The lowest BCUT2D eigenvalue weighted by atomic mass is 9.91. The summed E-state index contributed by atoms with van der Waals surface area (Å²) in [6, 6.07) is 6.65. The van der Waals surface area contributed by atoms with Gasteiger partial charge in [0, 0.05) is 24.3 Å². The molecule has 2 aliphatic carbocycles. The molecule has 1 fully saturated rings. The number of rotatable bonds is 7. The first-order valence-corrected chi connectivity index (χ1v) is 11.2. The summed E-state index contributed by atoms with van der Waals surface area (Å²) in [6.07, 6.45) is 4.87. The fourth-order valence-electron chi connectivity index (χ4n) is 4.48. The third-order valence-electron chi connectivity index (χ3n) is 6.48. The Morgan fingerprint density at radius 1 is 1.12 bits per heavy atom. The van der Waals surface area contributed by atoms with Crippen LogP contribution in [0.2, 0.25) is 0 Å². The third-order valence-corrected chi connectivity index (χ3v) is 6.48. The first-order valence-electron chi connectivity index (χ1n) is 11.2. The number of nitrogens with zero attached hydrogens (tertiary/aromatic N) is 1. The highest BCUT2D eigenvalue weighted by Crippen LogP contribution is 2.41. The second-order valence-electron chi connectivity index (χ2n) is 8.78. The quantitative estimate of drug-likeness (QED) is 0.547. The number of phenols is 1. The van der Waals surface area contributed by atoms with Gasteiger partial charge in [0.05, 0.1) is 5.56 Å². The highest BCUT2D eigenvalue weighted by atomic mass is 16.5. The number of aromatic hydroxyl groups is 1. The molecule has 0 atom stereocenters. The van der Waals surface area contributed by atoms with E-state index in [2.05, 4.69) is 5.32 Å². The normalized spacial score (nSPS) is 14.8. The molecule has 0 saturated heterocycles. The van der Waals surface area contributed by atoms with Gasteiger partial charge in [0.2, 0.25) is 5.91 Å². The Balaban J connectivity index is 1.60. The van der Waals surface area contributed by atoms with Crippen LogP contribution in [-0.2, 0) is 22.4 Å². The Hall–Kier alpha value is -3.55. The second-order valence-corrected chi connectivity index (χ2v) is 8.78. The molecule has 0 aliphatic heterocycles. The highest BCUT2D eigenvalue weighted by molar-refractivity contribution is 6.02. The summed E-state index contributed by atoms with van der Waals surface area (Å²) in [4.78, 5) is 37.4. The lowest BCUT2D eigenvalue weighted by Gasteiger charge is -2.34. The van der Waals surface area contributed by atoms with Crippen molar-refractivity contribution >= 4 is 23.5 Å². The van der Waals surface area contributed by atoms with Crippen LogP contribution >= 0.6 is 0 Å². The van der Waals surface area contributed by atoms with Gasteiger partial charge in [-0.15, -0.1) is 0 Å². The molecule has 0 bridgehead atoms. The van der Waals surface area contributed by atoms with Crippen LogP contribution < -0.4 is 10.1 Å². The lowest BCUT2D eigenvalue weighted by molar-refractivity contribution is -0.139. The van der Waals surface area contributed by atoms with Crippen molar-refractivity contribution in [1.29, 1.82) is 0 Å². The Labute approximate surface area is 192 Å². The van der Waals surface area contributed by atoms with Crippen LogP contribution in [0.1, 0.15) is 59.2 Å². The summed E-state index contributed by atoms with van der Waals surface area (Å²) < 4.78 is 6.21. The number of nitrogens with one attached hydrogen (secondary N) is 1. The van der Waals surface area contributed by atoms with Gasteiger partial charge in [0.1, 0.15) is 23.7 Å². The van der Waals surface area contributed by atoms with E-state index in [4.69, 9.17) is 9.84 Å². The fraction of sp³-hybridized carbons (Fsp3) is 0.400. The van der Waals surface area contributed by atoms with Gasteiger partial charge in [0.15, 0.2) is 0 Å². The predicted octanol–water partition coefficient (Wildman–Crippen LogP) is 4.02. The molecule has 0 aromatic heterocycles. The number of hydrogen-bond donors (Lipinski definition) is 3. The molecule has 0 radical (unpaired) electrons. The first-order chi connectivity index (χ1) is 15.7. The summed E-state index contributed by atoms with van der Waals surface area (Å²) in [5.74, 6) is -0.963. The number of aliphatic carboxylic acids is 1. The maximum atomic E-state index is 12.9. The van der Waals surface area contributed by atoms with E-state index in [1.54, 1.807) is 30.1 Å². The maximum absolute atomic E-state index is 12.9. The smallest absolute Gasteiger partial charge is 0.312 e. The first kappa shape index (κ1) is 22.6. The average molecular weight is 453 g/mol. The molecule has 8 nitrogen and oxygen atoms in total. The molecular weight excluding hydrogens is 424 g/mol. The van der Waals surface area contributed by atoms with Crippen LogP contribution in [0.15, 0.2) is 24.3 Å². The van der Waals surface area contributed by atoms with Crippen molar-refractivity contribution < 1.29 is 29.3 Å². The number of aryl methyl sites for hydroxylation is 1. The number of phenolic OH excluding ortho intramolecular Hbond substituents is 1. The zero-order valence-electron chi connectivity index (χ0n) is 18.8. The number of carboxylic acid groups (broad SMARTS) is 1. The molecule has 2 aliphatic rings. The van der Waals surface area contributed by atoms with Gasteiger partial charge in [-0.3, -0.25) is 14.4 Å². The zero-order valence-corrected chi connectivity index (χ0v) is 18.8. The van der Waals surface area contributed by atoms with Crippen molar-refractivity contribution in [3.8, 4) is 17.2 Å². The summed E-state index contributed by atoms with van der Waals surface area (Å²) in [5.41, 5.74) is 3.51. The molecular formula is C25H28N2O6. The van der Waals surface area contributed by atoms with Crippen molar-refractivity contribution in [3.05, 3.63) is 46.5 Å². The number of fused-ring (bicyclic) bond motifs is 1. The topological polar surface area (TPSA) is 116 Å². The molecule has 1 saturated carbocycles. The van der Waals surface area contributed by atoms with Crippen LogP contribution in [0.4, 0.5) is 5.69 Å². The van der Waals surface area contributed by atoms with Crippen molar-refractivity contribution in [3.63, 3.8) is 0 Å². The minimum absolute atomic E-state index is 0.0861. The molecule has 8 heteroatoms. The van der Waals surface area contributed by atoms with E-state index in [9.17, 15) is 19.5 Å². The van der Waals surface area contributed by atoms with Crippen molar-refractivity contribution in [2.75, 3.05) is 12.4 Å². The number of ether oxygens (including phenoxy) is 1. The third kappa shape index (κ3) is 4.65. The maximum Gasteiger partial charge on any atom is 0.312 e.